The highest BCUT2D eigenvalue weighted by atomic mass is 79.9. The lowest BCUT2D eigenvalue weighted by Gasteiger charge is -2.33. The van der Waals surface area contributed by atoms with Gasteiger partial charge in [-0.25, -0.2) is 4.98 Å². The van der Waals surface area contributed by atoms with E-state index >= 15 is 0 Å². The van der Waals surface area contributed by atoms with Gasteiger partial charge in [-0.3, -0.25) is 4.40 Å². The Morgan fingerprint density at radius 3 is 3.24 bits per heavy atom. The van der Waals surface area contributed by atoms with E-state index in [4.69, 9.17) is 0 Å². The summed E-state index contributed by atoms with van der Waals surface area (Å²) in [5.74, 6) is 2.04. The minimum atomic E-state index is 0.766. The zero-order chi connectivity index (χ0) is 11.7. The van der Waals surface area contributed by atoms with Crippen LogP contribution in [0.4, 0.5) is 5.82 Å². The Morgan fingerprint density at radius 2 is 2.35 bits per heavy atom. The number of imidazole rings is 1. The molecule has 3 nitrogen and oxygen atoms in total. The molecule has 1 atom stereocenters. The molecule has 3 rings (SSSR count). The molecule has 0 bridgehead atoms. The number of halogens is 1. The molecule has 1 aliphatic rings. The predicted octanol–water partition coefficient (Wildman–Crippen LogP) is 2.95. The molecule has 0 aliphatic carbocycles. The molecular formula is C13H16BrN3. The first-order valence-electron chi connectivity index (χ1n) is 6.11. The summed E-state index contributed by atoms with van der Waals surface area (Å²) in [6.07, 6.45) is 6.52. The van der Waals surface area contributed by atoms with Crippen LogP contribution in [0.25, 0.3) is 5.65 Å². The van der Waals surface area contributed by atoms with Crippen LogP contribution >= 0.6 is 15.9 Å². The number of pyridine rings is 1. The molecule has 3 heterocycles. The second-order valence-corrected chi connectivity index (χ2v) is 5.30. The number of hydrogen-bond donors (Lipinski definition) is 0. The first-order valence-corrected chi connectivity index (χ1v) is 7.23. The quantitative estimate of drug-likeness (QED) is 0.794. The smallest absolute Gasteiger partial charge is 0.138 e. The molecule has 0 spiro atoms. The standard InChI is InChI=1S/C13H16BrN3/c14-9-11-3-2-7-16(10-11)13-5-1-4-12-15-6-8-17(12)13/h1,4-6,8,11H,2-3,7,9-10H2. The van der Waals surface area contributed by atoms with E-state index in [1.165, 1.54) is 18.7 Å². The number of rotatable bonds is 2. The van der Waals surface area contributed by atoms with Crippen molar-refractivity contribution in [3.05, 3.63) is 30.6 Å². The maximum absolute atomic E-state index is 4.34. The van der Waals surface area contributed by atoms with Crippen LogP contribution in [0.1, 0.15) is 12.8 Å². The summed E-state index contributed by atoms with van der Waals surface area (Å²) in [6.45, 7) is 2.29. The zero-order valence-corrected chi connectivity index (χ0v) is 11.3. The number of anilines is 1. The fourth-order valence-corrected chi connectivity index (χ4v) is 3.12. The lowest BCUT2D eigenvalue weighted by Crippen LogP contribution is -2.37. The van der Waals surface area contributed by atoms with Gasteiger partial charge in [0.15, 0.2) is 0 Å². The van der Waals surface area contributed by atoms with Gasteiger partial charge in [0, 0.05) is 30.8 Å². The molecule has 0 amide bonds. The van der Waals surface area contributed by atoms with E-state index in [0.717, 1.165) is 30.0 Å². The summed E-state index contributed by atoms with van der Waals surface area (Å²) in [5.41, 5.74) is 1.03. The van der Waals surface area contributed by atoms with Crippen LogP contribution in [0.2, 0.25) is 0 Å². The van der Waals surface area contributed by atoms with Crippen LogP contribution in [0.5, 0.6) is 0 Å². The Kier molecular flexibility index (Phi) is 3.05. The van der Waals surface area contributed by atoms with Gasteiger partial charge in [-0.05, 0) is 30.9 Å². The molecule has 0 N–H and O–H groups in total. The van der Waals surface area contributed by atoms with Gasteiger partial charge < -0.3 is 4.90 Å². The van der Waals surface area contributed by atoms with Gasteiger partial charge >= 0.3 is 0 Å². The van der Waals surface area contributed by atoms with Crippen molar-refractivity contribution in [3.63, 3.8) is 0 Å². The molecule has 1 saturated heterocycles. The normalized spacial score (nSPS) is 21.0. The van der Waals surface area contributed by atoms with Crippen LogP contribution in [0.15, 0.2) is 30.6 Å². The molecule has 0 aromatic carbocycles. The summed E-state index contributed by atoms with van der Waals surface area (Å²) in [4.78, 5) is 6.82. The van der Waals surface area contributed by atoms with Gasteiger partial charge in [0.25, 0.3) is 0 Å². The van der Waals surface area contributed by atoms with Crippen molar-refractivity contribution in [2.24, 2.45) is 5.92 Å². The number of fused-ring (bicyclic) bond motifs is 1. The highest BCUT2D eigenvalue weighted by Crippen LogP contribution is 2.24. The van der Waals surface area contributed by atoms with E-state index in [1.807, 2.05) is 12.4 Å². The largest absolute Gasteiger partial charge is 0.357 e. The fourth-order valence-electron chi connectivity index (χ4n) is 2.59. The summed E-state index contributed by atoms with van der Waals surface area (Å²) in [7, 11) is 0. The average Bonchev–Trinajstić information content (AvgIpc) is 2.87. The van der Waals surface area contributed by atoms with Crippen LogP contribution in [-0.2, 0) is 0 Å². The SMILES string of the molecule is BrCC1CCCN(c2cccc3nccn23)C1. The van der Waals surface area contributed by atoms with Crippen molar-refractivity contribution in [2.45, 2.75) is 12.8 Å². The maximum Gasteiger partial charge on any atom is 0.138 e. The topological polar surface area (TPSA) is 20.5 Å². The Hall–Kier alpha value is -1.03. The van der Waals surface area contributed by atoms with E-state index in [2.05, 4.69) is 48.4 Å². The number of alkyl halides is 1. The Morgan fingerprint density at radius 1 is 1.41 bits per heavy atom. The molecule has 0 saturated carbocycles. The van der Waals surface area contributed by atoms with Crippen molar-refractivity contribution in [3.8, 4) is 0 Å². The molecular weight excluding hydrogens is 278 g/mol. The van der Waals surface area contributed by atoms with Gasteiger partial charge in [-0.1, -0.05) is 22.0 Å². The van der Waals surface area contributed by atoms with Gasteiger partial charge in [-0.15, -0.1) is 0 Å². The third-order valence-corrected chi connectivity index (χ3v) is 4.38. The van der Waals surface area contributed by atoms with Crippen molar-refractivity contribution in [1.29, 1.82) is 0 Å². The molecule has 1 unspecified atom stereocenters. The summed E-state index contributed by atoms with van der Waals surface area (Å²) in [5, 5.41) is 1.10. The number of piperidine rings is 1. The Bertz CT molecular complexity index is 508. The average molecular weight is 294 g/mol. The summed E-state index contributed by atoms with van der Waals surface area (Å²) in [6, 6.07) is 6.33. The van der Waals surface area contributed by atoms with E-state index < -0.39 is 0 Å². The number of hydrogen-bond acceptors (Lipinski definition) is 2. The third kappa shape index (κ3) is 2.06. The van der Waals surface area contributed by atoms with E-state index in [1.54, 1.807) is 0 Å². The summed E-state index contributed by atoms with van der Waals surface area (Å²) >= 11 is 3.61. The molecule has 17 heavy (non-hydrogen) atoms. The zero-order valence-electron chi connectivity index (χ0n) is 9.72. The maximum atomic E-state index is 4.34. The highest BCUT2D eigenvalue weighted by Gasteiger charge is 2.20. The summed E-state index contributed by atoms with van der Waals surface area (Å²) < 4.78 is 2.18. The first kappa shape index (κ1) is 11.1. The lowest BCUT2D eigenvalue weighted by molar-refractivity contribution is 0.452. The van der Waals surface area contributed by atoms with Crippen LogP contribution in [-0.4, -0.2) is 27.8 Å². The van der Waals surface area contributed by atoms with Crippen molar-refractivity contribution >= 4 is 27.4 Å². The van der Waals surface area contributed by atoms with Crippen molar-refractivity contribution < 1.29 is 0 Å². The molecule has 1 fully saturated rings. The minimum Gasteiger partial charge on any atom is -0.357 e. The highest BCUT2D eigenvalue weighted by molar-refractivity contribution is 9.09. The van der Waals surface area contributed by atoms with Crippen molar-refractivity contribution in [2.75, 3.05) is 23.3 Å². The number of nitrogens with zero attached hydrogens (tertiary/aromatic N) is 3. The van der Waals surface area contributed by atoms with Gasteiger partial charge in [0.2, 0.25) is 0 Å². The van der Waals surface area contributed by atoms with E-state index in [-0.39, 0.29) is 0 Å². The molecule has 0 radical (unpaired) electrons. The van der Waals surface area contributed by atoms with Gasteiger partial charge in [0.05, 0.1) is 0 Å². The third-order valence-electron chi connectivity index (χ3n) is 3.47. The van der Waals surface area contributed by atoms with E-state index in [9.17, 15) is 0 Å². The second-order valence-electron chi connectivity index (χ2n) is 4.65. The van der Waals surface area contributed by atoms with Crippen LogP contribution in [0.3, 0.4) is 0 Å². The van der Waals surface area contributed by atoms with Crippen LogP contribution < -0.4 is 4.90 Å². The van der Waals surface area contributed by atoms with E-state index in [0.29, 0.717) is 0 Å². The monoisotopic (exact) mass is 293 g/mol. The van der Waals surface area contributed by atoms with Crippen molar-refractivity contribution in [1.82, 2.24) is 9.38 Å². The molecule has 2 aromatic heterocycles. The Labute approximate surface area is 110 Å². The van der Waals surface area contributed by atoms with Gasteiger partial charge in [-0.2, -0.15) is 0 Å². The van der Waals surface area contributed by atoms with Crippen LogP contribution in [0, 0.1) is 5.92 Å². The molecule has 1 aliphatic heterocycles. The predicted molar refractivity (Wildman–Crippen MR) is 73.9 cm³/mol. The first-order chi connectivity index (χ1) is 8.38. The molecule has 2 aromatic rings. The number of aromatic nitrogens is 2. The fraction of sp³-hybridized carbons (Fsp3) is 0.462. The second kappa shape index (κ2) is 4.69. The Balaban J connectivity index is 1.94. The minimum absolute atomic E-state index is 0.766. The molecule has 90 valence electrons. The molecule has 4 heteroatoms. The van der Waals surface area contributed by atoms with Gasteiger partial charge in [0.1, 0.15) is 11.5 Å². The lowest BCUT2D eigenvalue weighted by atomic mass is 10.0.